The van der Waals surface area contributed by atoms with E-state index in [1.165, 1.54) is 0 Å². The normalized spacial score (nSPS) is 11.8. The number of methoxy groups -OCH3 is 4. The van der Waals surface area contributed by atoms with E-state index >= 15 is 0 Å². The average Bonchev–Trinajstić information content (AvgIpc) is 3.18. The lowest BCUT2D eigenvalue weighted by Gasteiger charge is -2.17. The maximum absolute atomic E-state index is 5.53. The van der Waals surface area contributed by atoms with E-state index in [-0.39, 0.29) is 6.04 Å². The number of nitrogens with one attached hydrogen (secondary N) is 1. The first-order valence-corrected chi connectivity index (χ1v) is 9.73. The maximum atomic E-state index is 5.53. The summed E-state index contributed by atoms with van der Waals surface area (Å²) in [4.78, 5) is 0. The number of hydrogen-bond donors (Lipinski definition) is 1. The minimum absolute atomic E-state index is 0.0924. The van der Waals surface area contributed by atoms with Crippen molar-refractivity contribution in [3.8, 4) is 28.7 Å². The van der Waals surface area contributed by atoms with Gasteiger partial charge in [-0.15, -0.1) is 0 Å². The van der Waals surface area contributed by atoms with Gasteiger partial charge in [0.25, 0.3) is 0 Å². The molecule has 1 aromatic heterocycles. The molecule has 0 aliphatic rings. The number of ether oxygens (including phenoxy) is 4. The van der Waals surface area contributed by atoms with Crippen LogP contribution in [0.2, 0.25) is 0 Å². The molecule has 0 aliphatic heterocycles. The summed E-state index contributed by atoms with van der Waals surface area (Å²) in [6, 6.07) is 11.7. The van der Waals surface area contributed by atoms with Crippen LogP contribution in [0.1, 0.15) is 29.8 Å². The molecule has 30 heavy (non-hydrogen) atoms. The third-order valence-electron chi connectivity index (χ3n) is 5.22. The maximum Gasteiger partial charge on any atom is 0.164 e. The molecule has 0 fully saturated rings. The smallest absolute Gasteiger partial charge is 0.164 e. The van der Waals surface area contributed by atoms with Crippen molar-refractivity contribution in [2.75, 3.05) is 28.4 Å². The van der Waals surface area contributed by atoms with Crippen LogP contribution >= 0.6 is 0 Å². The van der Waals surface area contributed by atoms with Crippen LogP contribution < -0.4 is 24.3 Å². The Morgan fingerprint density at radius 1 is 0.900 bits per heavy atom. The van der Waals surface area contributed by atoms with Crippen molar-refractivity contribution in [1.82, 2.24) is 15.1 Å². The van der Waals surface area contributed by atoms with Gasteiger partial charge in [0, 0.05) is 35.5 Å². The fourth-order valence-corrected chi connectivity index (χ4v) is 3.43. The molecule has 1 heterocycles. The molecule has 0 aliphatic carbocycles. The molecule has 1 atom stereocenters. The summed E-state index contributed by atoms with van der Waals surface area (Å²) in [6.45, 7) is 4.80. The van der Waals surface area contributed by atoms with Crippen LogP contribution in [0.3, 0.4) is 0 Å². The largest absolute Gasteiger partial charge is 0.497 e. The van der Waals surface area contributed by atoms with Crippen molar-refractivity contribution in [2.24, 2.45) is 0 Å². The Bertz CT molecular complexity index is 983. The van der Waals surface area contributed by atoms with Gasteiger partial charge >= 0.3 is 0 Å². The van der Waals surface area contributed by atoms with Crippen molar-refractivity contribution in [3.05, 3.63) is 59.4 Å². The Balaban J connectivity index is 1.77. The minimum atomic E-state index is 0.0924. The fraction of sp³-hybridized carbons (Fsp3) is 0.348. The summed E-state index contributed by atoms with van der Waals surface area (Å²) in [7, 11) is 6.55. The Morgan fingerprint density at radius 2 is 1.53 bits per heavy atom. The van der Waals surface area contributed by atoms with Crippen molar-refractivity contribution >= 4 is 0 Å². The predicted octanol–water partition coefficient (Wildman–Crippen LogP) is 4.07. The number of hydrogen-bond acceptors (Lipinski definition) is 6. The van der Waals surface area contributed by atoms with Crippen LogP contribution in [0.25, 0.3) is 5.69 Å². The highest BCUT2D eigenvalue weighted by molar-refractivity contribution is 5.50. The van der Waals surface area contributed by atoms with Gasteiger partial charge in [-0.2, -0.15) is 5.10 Å². The van der Waals surface area contributed by atoms with Crippen molar-refractivity contribution in [1.29, 1.82) is 0 Å². The van der Waals surface area contributed by atoms with Gasteiger partial charge in [-0.3, -0.25) is 0 Å². The summed E-state index contributed by atoms with van der Waals surface area (Å²) in [5.74, 6) is 2.88. The van der Waals surface area contributed by atoms with Gasteiger partial charge in [-0.25, -0.2) is 4.68 Å². The van der Waals surface area contributed by atoms with Crippen molar-refractivity contribution in [3.63, 3.8) is 0 Å². The molecule has 0 amide bonds. The average molecular weight is 412 g/mol. The third-order valence-corrected chi connectivity index (χ3v) is 5.22. The third kappa shape index (κ3) is 4.36. The quantitative estimate of drug-likeness (QED) is 0.573. The van der Waals surface area contributed by atoms with Crippen LogP contribution in [-0.4, -0.2) is 38.2 Å². The van der Waals surface area contributed by atoms with E-state index < -0.39 is 0 Å². The Labute approximate surface area is 177 Å². The highest BCUT2D eigenvalue weighted by atomic mass is 16.5. The van der Waals surface area contributed by atoms with Crippen LogP contribution in [0, 0.1) is 6.92 Å². The van der Waals surface area contributed by atoms with E-state index in [2.05, 4.69) is 24.3 Å². The number of rotatable bonds is 9. The van der Waals surface area contributed by atoms with E-state index in [0.29, 0.717) is 18.0 Å². The van der Waals surface area contributed by atoms with Gasteiger partial charge < -0.3 is 24.3 Å². The molecule has 1 N–H and O–H groups in total. The molecule has 2 aromatic carbocycles. The first kappa shape index (κ1) is 21.5. The van der Waals surface area contributed by atoms with Gasteiger partial charge in [0.05, 0.1) is 40.3 Å². The highest BCUT2D eigenvalue weighted by Gasteiger charge is 2.16. The van der Waals surface area contributed by atoms with E-state index in [1.54, 1.807) is 28.4 Å². The number of aromatic nitrogens is 2. The summed E-state index contributed by atoms with van der Waals surface area (Å²) in [6.07, 6.45) is 1.91. The molecule has 3 rings (SSSR count). The monoisotopic (exact) mass is 411 g/mol. The van der Waals surface area contributed by atoms with Gasteiger partial charge in [-0.1, -0.05) is 0 Å². The first-order valence-electron chi connectivity index (χ1n) is 9.73. The molecular weight excluding hydrogens is 382 g/mol. The van der Waals surface area contributed by atoms with Gasteiger partial charge in [0.1, 0.15) is 11.5 Å². The summed E-state index contributed by atoms with van der Waals surface area (Å²) in [5.41, 5.74) is 4.19. The molecule has 0 bridgehead atoms. The van der Waals surface area contributed by atoms with Crippen LogP contribution in [0.15, 0.2) is 42.6 Å². The zero-order valence-electron chi connectivity index (χ0n) is 18.4. The predicted molar refractivity (Wildman–Crippen MR) is 116 cm³/mol. The van der Waals surface area contributed by atoms with Crippen LogP contribution in [0.4, 0.5) is 0 Å². The lowest BCUT2D eigenvalue weighted by atomic mass is 10.1. The zero-order chi connectivity index (χ0) is 21.7. The lowest BCUT2D eigenvalue weighted by molar-refractivity contribution is 0.346. The molecule has 7 heteroatoms. The van der Waals surface area contributed by atoms with Gasteiger partial charge in [-0.05, 0) is 44.2 Å². The molecular formula is C23H29N3O4. The molecule has 0 saturated heterocycles. The molecule has 0 spiro atoms. The lowest BCUT2D eigenvalue weighted by Crippen LogP contribution is -2.19. The summed E-state index contributed by atoms with van der Waals surface area (Å²) < 4.78 is 23.5. The summed E-state index contributed by atoms with van der Waals surface area (Å²) >= 11 is 0. The Morgan fingerprint density at radius 3 is 2.13 bits per heavy atom. The SMILES string of the molecule is COc1ccc(-n2ncc([C@H](C)NCc3cc(OC)c(OC)cc3OC)c2C)cc1. The second kappa shape index (κ2) is 9.54. The number of benzene rings is 2. The molecule has 0 saturated carbocycles. The standard InChI is InChI=1S/C23H29N3O4/c1-15(24-13-17-11-22(29-5)23(30-6)12-21(17)28-4)20-14-25-26(16(20)2)18-7-9-19(27-3)10-8-18/h7-12,14-15,24H,13H2,1-6H3/t15-/m0/s1. The second-order valence-corrected chi connectivity index (χ2v) is 6.92. The van der Waals surface area contributed by atoms with Crippen molar-refractivity contribution in [2.45, 2.75) is 26.4 Å². The molecule has 7 nitrogen and oxygen atoms in total. The first-order chi connectivity index (χ1) is 14.5. The fourth-order valence-electron chi connectivity index (χ4n) is 3.43. The van der Waals surface area contributed by atoms with E-state index in [9.17, 15) is 0 Å². The molecule has 0 unspecified atom stereocenters. The minimum Gasteiger partial charge on any atom is -0.497 e. The Kier molecular flexibility index (Phi) is 6.84. The molecule has 0 radical (unpaired) electrons. The molecule has 160 valence electrons. The van der Waals surface area contributed by atoms with Crippen LogP contribution in [0.5, 0.6) is 23.0 Å². The summed E-state index contributed by atoms with van der Waals surface area (Å²) in [5, 5.41) is 8.13. The van der Waals surface area contributed by atoms with Gasteiger partial charge in [0.15, 0.2) is 11.5 Å². The van der Waals surface area contributed by atoms with Crippen molar-refractivity contribution < 1.29 is 18.9 Å². The van der Waals surface area contributed by atoms with E-state index in [1.807, 2.05) is 47.3 Å². The second-order valence-electron chi connectivity index (χ2n) is 6.92. The van der Waals surface area contributed by atoms with E-state index in [0.717, 1.165) is 34.0 Å². The number of nitrogens with zero attached hydrogens (tertiary/aromatic N) is 2. The Hall–Kier alpha value is -3.19. The topological polar surface area (TPSA) is 66.8 Å². The molecule has 3 aromatic rings. The highest BCUT2D eigenvalue weighted by Crippen LogP contribution is 2.35. The van der Waals surface area contributed by atoms with E-state index in [4.69, 9.17) is 18.9 Å². The van der Waals surface area contributed by atoms with Gasteiger partial charge in [0.2, 0.25) is 0 Å². The van der Waals surface area contributed by atoms with Crippen LogP contribution in [-0.2, 0) is 6.54 Å². The zero-order valence-corrected chi connectivity index (χ0v) is 18.4.